The number of carboxylic acid groups (broad SMARTS) is 1. The van der Waals surface area contributed by atoms with Crippen LogP contribution >= 0.6 is 0 Å². The Bertz CT molecular complexity index is 744. The topological polar surface area (TPSA) is 68.2 Å². The number of likely N-dealkylation sites (tertiary alicyclic amines) is 1. The van der Waals surface area contributed by atoms with Gasteiger partial charge in [-0.3, -0.25) is 9.69 Å². The van der Waals surface area contributed by atoms with E-state index in [0.29, 0.717) is 30.1 Å². The molecule has 0 spiro atoms. The lowest BCUT2D eigenvalue weighted by atomic mass is 9.97. The van der Waals surface area contributed by atoms with E-state index in [0.717, 1.165) is 25.4 Å². The first-order valence-electron chi connectivity index (χ1n) is 9.02. The number of hydrogen-bond donors (Lipinski definition) is 1. The van der Waals surface area contributed by atoms with Crippen molar-refractivity contribution < 1.29 is 24.1 Å². The van der Waals surface area contributed by atoms with E-state index in [1.54, 1.807) is 20.3 Å². The summed E-state index contributed by atoms with van der Waals surface area (Å²) in [4.78, 5) is 13.3. The van der Waals surface area contributed by atoms with Gasteiger partial charge in [-0.15, -0.1) is 0 Å². The van der Waals surface area contributed by atoms with Gasteiger partial charge in [-0.2, -0.15) is 0 Å². The average molecular weight is 371 g/mol. The Morgan fingerprint density at radius 3 is 2.04 bits per heavy atom. The molecule has 0 bridgehead atoms. The first kappa shape index (κ1) is 19.0. The lowest BCUT2D eigenvalue weighted by Gasteiger charge is -2.30. The number of hydrogen-bond acceptors (Lipinski definition) is 5. The van der Waals surface area contributed by atoms with Crippen LogP contribution in [0, 0.1) is 5.92 Å². The molecule has 1 aliphatic rings. The number of aliphatic carboxylic acids is 1. The number of carbonyl (C=O) groups is 1. The fourth-order valence-electron chi connectivity index (χ4n) is 3.24. The second-order valence-electron chi connectivity index (χ2n) is 6.68. The minimum absolute atomic E-state index is 0.197. The number of rotatable bonds is 7. The van der Waals surface area contributed by atoms with Crippen LogP contribution in [0.25, 0.3) is 0 Å². The van der Waals surface area contributed by atoms with E-state index in [1.165, 1.54) is 5.56 Å². The number of nitrogens with zero attached hydrogens (tertiary/aromatic N) is 1. The summed E-state index contributed by atoms with van der Waals surface area (Å²) in [6, 6.07) is 13.4. The van der Waals surface area contributed by atoms with Gasteiger partial charge in [0.15, 0.2) is 0 Å². The van der Waals surface area contributed by atoms with Crippen molar-refractivity contribution >= 4 is 5.97 Å². The molecule has 2 aromatic rings. The van der Waals surface area contributed by atoms with E-state index in [1.807, 2.05) is 36.4 Å². The number of methoxy groups -OCH3 is 2. The molecular formula is C21H25NO5. The molecule has 1 aliphatic heterocycles. The number of benzene rings is 2. The zero-order valence-corrected chi connectivity index (χ0v) is 15.7. The fourth-order valence-corrected chi connectivity index (χ4v) is 3.24. The number of piperidine rings is 1. The third-order valence-corrected chi connectivity index (χ3v) is 4.83. The van der Waals surface area contributed by atoms with Gasteiger partial charge in [0.2, 0.25) is 0 Å². The van der Waals surface area contributed by atoms with E-state index in [9.17, 15) is 4.79 Å². The summed E-state index contributed by atoms with van der Waals surface area (Å²) < 4.78 is 16.4. The average Bonchev–Trinajstić information content (AvgIpc) is 2.69. The third kappa shape index (κ3) is 5.14. The zero-order chi connectivity index (χ0) is 19.2. The van der Waals surface area contributed by atoms with Gasteiger partial charge in [-0.1, -0.05) is 12.1 Å². The first-order chi connectivity index (χ1) is 13.1. The monoisotopic (exact) mass is 371 g/mol. The van der Waals surface area contributed by atoms with Crippen molar-refractivity contribution in [3.63, 3.8) is 0 Å². The van der Waals surface area contributed by atoms with E-state index >= 15 is 0 Å². The van der Waals surface area contributed by atoms with Crippen LogP contribution in [0.4, 0.5) is 0 Å². The second-order valence-corrected chi connectivity index (χ2v) is 6.68. The molecule has 0 radical (unpaired) electrons. The molecule has 1 N–H and O–H groups in total. The summed E-state index contributed by atoms with van der Waals surface area (Å²) in [7, 11) is 3.21. The van der Waals surface area contributed by atoms with Crippen LogP contribution in [-0.4, -0.2) is 43.3 Å². The normalized spacial score (nSPS) is 15.3. The van der Waals surface area contributed by atoms with E-state index in [-0.39, 0.29) is 5.92 Å². The van der Waals surface area contributed by atoms with Gasteiger partial charge in [0.25, 0.3) is 0 Å². The Morgan fingerprint density at radius 2 is 1.52 bits per heavy atom. The minimum Gasteiger partial charge on any atom is -0.496 e. The molecule has 0 atom stereocenters. The Morgan fingerprint density at radius 1 is 0.963 bits per heavy atom. The Labute approximate surface area is 159 Å². The van der Waals surface area contributed by atoms with E-state index in [4.69, 9.17) is 19.3 Å². The minimum atomic E-state index is -0.676. The van der Waals surface area contributed by atoms with E-state index in [2.05, 4.69) is 4.90 Å². The highest BCUT2D eigenvalue weighted by Crippen LogP contribution is 2.31. The van der Waals surface area contributed by atoms with Crippen LogP contribution in [0.1, 0.15) is 18.4 Å². The van der Waals surface area contributed by atoms with Crippen molar-refractivity contribution in [1.82, 2.24) is 4.90 Å². The largest absolute Gasteiger partial charge is 0.496 e. The molecule has 27 heavy (non-hydrogen) atoms. The van der Waals surface area contributed by atoms with Crippen LogP contribution in [0.15, 0.2) is 42.5 Å². The molecule has 6 heteroatoms. The van der Waals surface area contributed by atoms with Crippen molar-refractivity contribution in [1.29, 1.82) is 0 Å². The predicted octanol–water partition coefficient (Wildman–Crippen LogP) is 3.79. The summed E-state index contributed by atoms with van der Waals surface area (Å²) in [5.74, 6) is 1.85. The Kier molecular flexibility index (Phi) is 6.19. The molecule has 1 saturated heterocycles. The Hall–Kier alpha value is -2.73. The van der Waals surface area contributed by atoms with Crippen molar-refractivity contribution in [2.75, 3.05) is 27.3 Å². The standard InChI is InChI=1S/C21H25NO5/c1-25-18-11-19(26-2)13-20(12-18)27-17-5-3-15(4-6-17)14-22-9-7-16(8-10-22)21(23)24/h3-6,11-13,16H,7-10,14H2,1-2H3,(H,23,24). The summed E-state index contributed by atoms with van der Waals surface area (Å²) >= 11 is 0. The smallest absolute Gasteiger partial charge is 0.306 e. The van der Waals surface area contributed by atoms with Crippen LogP contribution in [0.3, 0.4) is 0 Å². The van der Waals surface area contributed by atoms with Gasteiger partial charge in [-0.05, 0) is 43.6 Å². The highest BCUT2D eigenvalue weighted by atomic mass is 16.5. The molecule has 144 valence electrons. The summed E-state index contributed by atoms with van der Waals surface area (Å²) in [5, 5.41) is 9.08. The molecule has 6 nitrogen and oxygen atoms in total. The Balaban J connectivity index is 1.59. The maximum atomic E-state index is 11.0. The van der Waals surface area contributed by atoms with Gasteiger partial charge in [0.1, 0.15) is 23.0 Å². The molecule has 1 fully saturated rings. The summed E-state index contributed by atoms with van der Waals surface area (Å²) in [6.07, 6.45) is 1.43. The van der Waals surface area contributed by atoms with Gasteiger partial charge < -0.3 is 19.3 Å². The molecule has 0 unspecified atom stereocenters. The molecule has 3 rings (SSSR count). The first-order valence-corrected chi connectivity index (χ1v) is 9.02. The van der Waals surface area contributed by atoms with Gasteiger partial charge >= 0.3 is 5.97 Å². The maximum Gasteiger partial charge on any atom is 0.306 e. The molecule has 0 amide bonds. The molecule has 0 aromatic heterocycles. The highest BCUT2D eigenvalue weighted by Gasteiger charge is 2.24. The zero-order valence-electron chi connectivity index (χ0n) is 15.7. The number of carboxylic acids is 1. The molecular weight excluding hydrogens is 346 g/mol. The molecule has 2 aromatic carbocycles. The van der Waals surface area contributed by atoms with Gasteiger partial charge in [-0.25, -0.2) is 0 Å². The van der Waals surface area contributed by atoms with Gasteiger partial charge in [0.05, 0.1) is 20.1 Å². The second kappa shape index (κ2) is 8.77. The van der Waals surface area contributed by atoms with Crippen molar-refractivity contribution in [2.45, 2.75) is 19.4 Å². The number of ether oxygens (including phenoxy) is 3. The third-order valence-electron chi connectivity index (χ3n) is 4.83. The van der Waals surface area contributed by atoms with Crippen LogP contribution in [0.5, 0.6) is 23.0 Å². The fraction of sp³-hybridized carbons (Fsp3) is 0.381. The van der Waals surface area contributed by atoms with Crippen molar-refractivity contribution in [2.24, 2.45) is 5.92 Å². The summed E-state index contributed by atoms with van der Waals surface area (Å²) in [5.41, 5.74) is 1.18. The van der Waals surface area contributed by atoms with Crippen LogP contribution in [-0.2, 0) is 11.3 Å². The lowest BCUT2D eigenvalue weighted by molar-refractivity contribution is -0.143. The van der Waals surface area contributed by atoms with Crippen molar-refractivity contribution in [3.8, 4) is 23.0 Å². The predicted molar refractivity (Wildman–Crippen MR) is 102 cm³/mol. The van der Waals surface area contributed by atoms with Crippen LogP contribution < -0.4 is 14.2 Å². The SMILES string of the molecule is COc1cc(OC)cc(Oc2ccc(CN3CCC(C(=O)O)CC3)cc2)c1. The summed E-state index contributed by atoms with van der Waals surface area (Å²) in [6.45, 7) is 2.46. The van der Waals surface area contributed by atoms with E-state index < -0.39 is 5.97 Å². The van der Waals surface area contributed by atoms with Crippen LogP contribution in [0.2, 0.25) is 0 Å². The quantitative estimate of drug-likeness (QED) is 0.799. The van der Waals surface area contributed by atoms with Gasteiger partial charge in [0, 0.05) is 24.7 Å². The van der Waals surface area contributed by atoms with Crippen molar-refractivity contribution in [3.05, 3.63) is 48.0 Å². The highest BCUT2D eigenvalue weighted by molar-refractivity contribution is 5.70. The lowest BCUT2D eigenvalue weighted by Crippen LogP contribution is -2.35. The molecule has 0 aliphatic carbocycles. The maximum absolute atomic E-state index is 11.0. The molecule has 0 saturated carbocycles. The molecule has 1 heterocycles.